The number of rotatable bonds is 0. The Morgan fingerprint density at radius 3 is 2.30 bits per heavy atom. The summed E-state index contributed by atoms with van der Waals surface area (Å²) >= 11 is 3.69. The zero-order valence-electron chi connectivity index (χ0n) is 14.3. The lowest BCUT2D eigenvalue weighted by Gasteiger charge is -2.61. The Hall–Kier alpha value is 0.360. The summed E-state index contributed by atoms with van der Waals surface area (Å²) in [6.45, 7) is 4.67. The van der Waals surface area contributed by atoms with Crippen LogP contribution in [0.15, 0.2) is 0 Å². The number of halogens is 1. The molecule has 0 aromatic heterocycles. The average molecular weight is 387 g/mol. The van der Waals surface area contributed by atoms with Crippen LogP contribution in [0.5, 0.6) is 0 Å². The van der Waals surface area contributed by atoms with E-state index >= 15 is 0 Å². The van der Waals surface area contributed by atoms with Crippen molar-refractivity contribution in [3.8, 4) is 0 Å². The van der Waals surface area contributed by atoms with Gasteiger partial charge in [-0.2, -0.15) is 0 Å². The molecule has 4 fully saturated rings. The van der Waals surface area contributed by atoms with E-state index in [1.807, 2.05) is 0 Å². The molecule has 10 atom stereocenters. The molecule has 0 radical (unpaired) electrons. The second kappa shape index (κ2) is 5.43. The lowest BCUT2D eigenvalue weighted by atomic mass is 9.44. The third kappa shape index (κ3) is 2.24. The lowest BCUT2D eigenvalue weighted by Crippen LogP contribution is -2.58. The summed E-state index contributed by atoms with van der Waals surface area (Å²) in [6, 6.07) is 0. The van der Waals surface area contributed by atoms with E-state index in [-0.39, 0.29) is 34.0 Å². The number of hydrogen-bond donors (Lipinski definition) is 3. The topological polar surface area (TPSA) is 60.7 Å². The quantitative estimate of drug-likeness (QED) is 0.560. The van der Waals surface area contributed by atoms with E-state index in [4.69, 9.17) is 0 Å². The van der Waals surface area contributed by atoms with Gasteiger partial charge in [0.1, 0.15) is 0 Å². The average Bonchev–Trinajstić information content (AvgIpc) is 2.73. The Labute approximate surface area is 148 Å². The molecule has 132 valence electrons. The maximum absolute atomic E-state index is 11.0. The number of fused-ring (bicyclic) bond motifs is 5. The Kier molecular flexibility index (Phi) is 3.97. The van der Waals surface area contributed by atoms with Crippen LogP contribution in [0.2, 0.25) is 0 Å². The summed E-state index contributed by atoms with van der Waals surface area (Å²) in [5, 5.41) is 31.8. The van der Waals surface area contributed by atoms with E-state index in [1.54, 1.807) is 0 Å². The van der Waals surface area contributed by atoms with Gasteiger partial charge in [0.25, 0.3) is 0 Å². The van der Waals surface area contributed by atoms with Crippen molar-refractivity contribution in [2.24, 2.45) is 34.5 Å². The van der Waals surface area contributed by atoms with Gasteiger partial charge >= 0.3 is 0 Å². The van der Waals surface area contributed by atoms with Crippen LogP contribution in [-0.2, 0) is 0 Å². The van der Waals surface area contributed by atoms with Crippen LogP contribution in [0, 0.1) is 34.5 Å². The highest BCUT2D eigenvalue weighted by Crippen LogP contribution is 2.66. The third-order valence-electron chi connectivity index (χ3n) is 8.59. The maximum atomic E-state index is 11.0. The summed E-state index contributed by atoms with van der Waals surface area (Å²) < 4.78 is 0. The van der Waals surface area contributed by atoms with Crippen LogP contribution in [0.3, 0.4) is 0 Å². The molecule has 0 bridgehead atoms. The highest BCUT2D eigenvalue weighted by molar-refractivity contribution is 9.09. The van der Waals surface area contributed by atoms with Crippen LogP contribution in [0.25, 0.3) is 0 Å². The minimum absolute atomic E-state index is 0.0479. The number of aliphatic hydroxyl groups is 3. The third-order valence-corrected chi connectivity index (χ3v) is 9.47. The molecule has 23 heavy (non-hydrogen) atoms. The van der Waals surface area contributed by atoms with Crippen molar-refractivity contribution in [1.82, 2.24) is 0 Å². The standard InChI is InChI=1S/C19H31BrO3/c1-18-5-3-11(21)7-10(18)8-15(22)16-12(18)4-6-19(2)13(16)9-14(20)17(19)23/h10-17,21-23H,3-9H2,1-2H3/t10-,11+,12+,13+,14-,15+,16-,17+,18+,19+/m1/s1. The smallest absolute Gasteiger partial charge is 0.0721 e. The summed E-state index contributed by atoms with van der Waals surface area (Å²) in [5.41, 5.74) is 0.216. The van der Waals surface area contributed by atoms with E-state index < -0.39 is 0 Å². The summed E-state index contributed by atoms with van der Waals surface area (Å²) in [6.07, 6.45) is 6.15. The summed E-state index contributed by atoms with van der Waals surface area (Å²) in [4.78, 5) is 0.169. The fourth-order valence-electron chi connectivity index (χ4n) is 7.15. The first-order chi connectivity index (χ1) is 10.8. The van der Waals surface area contributed by atoms with E-state index in [1.165, 1.54) is 0 Å². The van der Waals surface area contributed by atoms with Crippen molar-refractivity contribution in [3.05, 3.63) is 0 Å². The van der Waals surface area contributed by atoms with Gasteiger partial charge in [-0.25, -0.2) is 0 Å². The monoisotopic (exact) mass is 386 g/mol. The highest BCUT2D eigenvalue weighted by Gasteiger charge is 2.63. The van der Waals surface area contributed by atoms with E-state index in [0.29, 0.717) is 23.7 Å². The molecule has 3 N–H and O–H groups in total. The minimum atomic E-state index is -0.292. The number of aliphatic hydroxyl groups excluding tert-OH is 3. The summed E-state index contributed by atoms with van der Waals surface area (Å²) in [5.74, 6) is 1.74. The second-order valence-corrected chi connectivity index (χ2v) is 10.6. The molecule has 4 heteroatoms. The molecule has 4 saturated carbocycles. The van der Waals surface area contributed by atoms with Crippen molar-refractivity contribution in [2.75, 3.05) is 0 Å². The Morgan fingerprint density at radius 2 is 1.57 bits per heavy atom. The normalized spacial score (nSPS) is 62.3. The van der Waals surface area contributed by atoms with Crippen LogP contribution in [-0.4, -0.2) is 38.5 Å². The number of hydrogen-bond acceptors (Lipinski definition) is 3. The van der Waals surface area contributed by atoms with Gasteiger partial charge in [0.05, 0.1) is 18.3 Å². The van der Waals surface area contributed by atoms with E-state index in [2.05, 4.69) is 29.8 Å². The predicted octanol–water partition coefficient (Wildman–Crippen LogP) is 3.10. The molecule has 0 spiro atoms. The molecule has 3 nitrogen and oxygen atoms in total. The van der Waals surface area contributed by atoms with Crippen LogP contribution in [0.4, 0.5) is 0 Å². The van der Waals surface area contributed by atoms with E-state index in [0.717, 1.165) is 44.9 Å². The highest BCUT2D eigenvalue weighted by atomic mass is 79.9. The van der Waals surface area contributed by atoms with Crippen molar-refractivity contribution in [1.29, 1.82) is 0 Å². The van der Waals surface area contributed by atoms with Gasteiger partial charge in [-0.1, -0.05) is 29.8 Å². The van der Waals surface area contributed by atoms with Crippen molar-refractivity contribution in [3.63, 3.8) is 0 Å². The van der Waals surface area contributed by atoms with Crippen molar-refractivity contribution < 1.29 is 15.3 Å². The molecular weight excluding hydrogens is 356 g/mol. The zero-order chi connectivity index (χ0) is 16.6. The lowest BCUT2D eigenvalue weighted by molar-refractivity contribution is -0.176. The number of alkyl halides is 1. The van der Waals surface area contributed by atoms with Crippen molar-refractivity contribution >= 4 is 15.9 Å². The second-order valence-electron chi connectivity index (χ2n) is 9.47. The Morgan fingerprint density at radius 1 is 0.870 bits per heavy atom. The molecule has 0 aromatic carbocycles. The van der Waals surface area contributed by atoms with Gasteiger partial charge in [-0.3, -0.25) is 0 Å². The molecule has 0 aromatic rings. The first-order valence-corrected chi connectivity index (χ1v) is 10.4. The largest absolute Gasteiger partial charge is 0.393 e. The first-order valence-electron chi connectivity index (χ1n) is 9.45. The van der Waals surface area contributed by atoms with Crippen LogP contribution in [0.1, 0.15) is 58.8 Å². The van der Waals surface area contributed by atoms with Crippen LogP contribution < -0.4 is 0 Å². The molecule has 0 saturated heterocycles. The predicted molar refractivity (Wildman–Crippen MR) is 93.2 cm³/mol. The van der Waals surface area contributed by atoms with Crippen LogP contribution >= 0.6 is 15.9 Å². The van der Waals surface area contributed by atoms with Gasteiger partial charge < -0.3 is 15.3 Å². The Balaban J connectivity index is 1.68. The molecule has 4 aliphatic rings. The molecule has 4 aliphatic carbocycles. The zero-order valence-corrected chi connectivity index (χ0v) is 15.9. The van der Waals surface area contributed by atoms with Gasteiger partial charge in [0.15, 0.2) is 0 Å². The first kappa shape index (κ1) is 16.8. The summed E-state index contributed by atoms with van der Waals surface area (Å²) in [7, 11) is 0. The Bertz CT molecular complexity index is 485. The van der Waals surface area contributed by atoms with Crippen molar-refractivity contribution in [2.45, 2.75) is 81.9 Å². The SMILES string of the molecule is C[C@]12CC[C@H](O)C[C@@H]1C[C@H](O)[C@@H]1[C@@H]2CC[C@]2(C)[C@@H](O)[C@H](Br)C[C@@H]12. The van der Waals surface area contributed by atoms with Gasteiger partial charge in [0, 0.05) is 4.83 Å². The molecule has 0 heterocycles. The molecule has 4 rings (SSSR count). The molecule has 0 aliphatic heterocycles. The molecular formula is C19H31BrO3. The van der Waals surface area contributed by atoms with Gasteiger partial charge in [0.2, 0.25) is 0 Å². The molecule has 0 unspecified atom stereocenters. The fourth-order valence-corrected chi connectivity index (χ4v) is 8.15. The maximum Gasteiger partial charge on any atom is 0.0721 e. The van der Waals surface area contributed by atoms with E-state index in [9.17, 15) is 15.3 Å². The molecule has 0 amide bonds. The van der Waals surface area contributed by atoms with Gasteiger partial charge in [-0.05, 0) is 79.4 Å². The fraction of sp³-hybridized carbons (Fsp3) is 1.00. The van der Waals surface area contributed by atoms with Gasteiger partial charge in [-0.15, -0.1) is 0 Å². The minimum Gasteiger partial charge on any atom is -0.393 e.